The first-order valence-electron chi connectivity index (χ1n) is 5.41. The number of hydrogen-bond donors (Lipinski definition) is 0. The zero-order chi connectivity index (χ0) is 11.7. The van der Waals surface area contributed by atoms with Crippen LogP contribution in [-0.4, -0.2) is 9.97 Å². The summed E-state index contributed by atoms with van der Waals surface area (Å²) in [6, 6.07) is 4.43. The van der Waals surface area contributed by atoms with Gasteiger partial charge in [-0.25, -0.2) is 9.37 Å². The molecule has 1 unspecified atom stereocenters. The molecule has 0 radical (unpaired) electrons. The van der Waals surface area contributed by atoms with Gasteiger partial charge in [0.1, 0.15) is 11.3 Å². The number of hydrogen-bond acceptors (Lipinski definition) is 2. The zero-order valence-corrected chi connectivity index (χ0v) is 9.50. The van der Waals surface area contributed by atoms with Crippen molar-refractivity contribution in [1.82, 2.24) is 9.97 Å². The van der Waals surface area contributed by atoms with Gasteiger partial charge in [0.15, 0.2) is 0 Å². The minimum atomic E-state index is -0.284. The molecule has 3 heteroatoms. The number of benzene rings is 1. The predicted molar refractivity (Wildman–Crippen MR) is 62.7 cm³/mol. The maximum Gasteiger partial charge on any atom is 0.241 e. The lowest BCUT2D eigenvalue weighted by Crippen LogP contribution is -2.02. The minimum Gasteiger partial charge on any atom is -0.207 e. The number of rotatable bonds is 2. The highest BCUT2D eigenvalue weighted by molar-refractivity contribution is 5.74. The molecule has 0 aliphatic heterocycles. The molecule has 0 amide bonds. The zero-order valence-electron chi connectivity index (χ0n) is 9.50. The van der Waals surface area contributed by atoms with E-state index >= 15 is 0 Å². The summed E-state index contributed by atoms with van der Waals surface area (Å²) in [4.78, 5) is 8.79. The Balaban J connectivity index is 2.64. The normalized spacial score (nSPS) is 12.9. The van der Waals surface area contributed by atoms with Crippen LogP contribution in [0.1, 0.15) is 37.6 Å². The lowest BCUT2D eigenvalue weighted by Gasteiger charge is -2.04. The van der Waals surface area contributed by atoms with Crippen molar-refractivity contribution in [2.24, 2.45) is 0 Å². The van der Waals surface area contributed by atoms with E-state index in [1.165, 1.54) is 12.1 Å². The molecule has 2 rings (SSSR count). The smallest absolute Gasteiger partial charge is 0.207 e. The van der Waals surface area contributed by atoms with Crippen LogP contribution in [-0.2, 0) is 0 Å². The third kappa shape index (κ3) is 1.85. The SMILES string of the molecule is [CH2+]c1nc2ccc(F)cc2nc1C(C)CC. The van der Waals surface area contributed by atoms with Crippen molar-refractivity contribution in [2.45, 2.75) is 26.2 Å². The highest BCUT2D eigenvalue weighted by atomic mass is 19.1. The van der Waals surface area contributed by atoms with E-state index in [-0.39, 0.29) is 5.82 Å². The van der Waals surface area contributed by atoms with Crippen molar-refractivity contribution >= 4 is 11.0 Å². The van der Waals surface area contributed by atoms with Crippen LogP contribution < -0.4 is 0 Å². The Kier molecular flexibility index (Phi) is 2.77. The van der Waals surface area contributed by atoms with Gasteiger partial charge in [0.2, 0.25) is 11.4 Å². The van der Waals surface area contributed by atoms with Gasteiger partial charge in [0, 0.05) is 6.07 Å². The van der Waals surface area contributed by atoms with Crippen LogP contribution >= 0.6 is 0 Å². The summed E-state index contributed by atoms with van der Waals surface area (Å²) in [6.45, 7) is 8.05. The van der Waals surface area contributed by atoms with Crippen LogP contribution in [0.25, 0.3) is 11.0 Å². The summed E-state index contributed by atoms with van der Waals surface area (Å²) in [5.41, 5.74) is 2.84. The molecule has 0 bridgehead atoms. The molecule has 1 heterocycles. The molecule has 0 aliphatic rings. The van der Waals surface area contributed by atoms with E-state index in [0.717, 1.165) is 12.1 Å². The van der Waals surface area contributed by atoms with Gasteiger partial charge in [0.05, 0.1) is 18.4 Å². The van der Waals surface area contributed by atoms with E-state index in [1.807, 2.05) is 0 Å². The first-order valence-corrected chi connectivity index (χ1v) is 5.41. The third-order valence-electron chi connectivity index (χ3n) is 2.81. The Morgan fingerprint density at radius 1 is 1.31 bits per heavy atom. The second-order valence-corrected chi connectivity index (χ2v) is 4.00. The summed E-state index contributed by atoms with van der Waals surface area (Å²) in [5.74, 6) is 0.0152. The number of fused-ring (bicyclic) bond motifs is 1. The van der Waals surface area contributed by atoms with Crippen LogP contribution in [0.2, 0.25) is 0 Å². The molecule has 1 aromatic heterocycles. The molecule has 0 fully saturated rings. The molecule has 1 aromatic carbocycles. The predicted octanol–water partition coefficient (Wildman–Crippen LogP) is 3.46. The molecule has 1 atom stereocenters. The molecular formula is C13H14FN2+. The maximum absolute atomic E-state index is 13.1. The largest absolute Gasteiger partial charge is 0.241 e. The topological polar surface area (TPSA) is 25.8 Å². The Labute approximate surface area is 94.5 Å². The number of halogens is 1. The van der Waals surface area contributed by atoms with Gasteiger partial charge in [0.25, 0.3) is 0 Å². The first-order chi connectivity index (χ1) is 7.61. The fourth-order valence-electron chi connectivity index (χ4n) is 1.67. The van der Waals surface area contributed by atoms with E-state index in [0.29, 0.717) is 22.6 Å². The minimum absolute atomic E-state index is 0.284. The van der Waals surface area contributed by atoms with Gasteiger partial charge < -0.3 is 0 Å². The quantitative estimate of drug-likeness (QED) is 0.720. The molecule has 82 valence electrons. The summed E-state index contributed by atoms with van der Waals surface area (Å²) < 4.78 is 13.1. The fraction of sp³-hybridized carbons (Fsp3) is 0.308. The molecular weight excluding hydrogens is 203 g/mol. The van der Waals surface area contributed by atoms with Crippen LogP contribution in [0.3, 0.4) is 0 Å². The molecule has 2 aromatic rings. The maximum atomic E-state index is 13.1. The molecule has 0 aliphatic carbocycles. The number of aromatic nitrogens is 2. The van der Waals surface area contributed by atoms with Gasteiger partial charge in [-0.15, -0.1) is 0 Å². The van der Waals surface area contributed by atoms with Gasteiger partial charge in [-0.05, 0) is 25.5 Å². The molecule has 2 nitrogen and oxygen atoms in total. The lowest BCUT2D eigenvalue weighted by molar-refractivity contribution is 0.628. The van der Waals surface area contributed by atoms with Crippen LogP contribution in [0, 0.1) is 12.7 Å². The Bertz CT molecular complexity index is 523. The Hall–Kier alpha value is -1.64. The average molecular weight is 217 g/mol. The van der Waals surface area contributed by atoms with Gasteiger partial charge in [-0.3, -0.25) is 0 Å². The summed E-state index contributed by atoms with van der Waals surface area (Å²) in [7, 11) is 0. The van der Waals surface area contributed by atoms with E-state index in [9.17, 15) is 4.39 Å². The van der Waals surface area contributed by atoms with Gasteiger partial charge >= 0.3 is 0 Å². The molecule has 0 N–H and O–H groups in total. The first kappa shape index (κ1) is 10.9. The van der Waals surface area contributed by atoms with Crippen LogP contribution in [0.5, 0.6) is 0 Å². The monoisotopic (exact) mass is 217 g/mol. The van der Waals surface area contributed by atoms with E-state index < -0.39 is 0 Å². The lowest BCUT2D eigenvalue weighted by atomic mass is 10.0. The molecule has 0 saturated carbocycles. The van der Waals surface area contributed by atoms with Crippen molar-refractivity contribution in [2.75, 3.05) is 0 Å². The Morgan fingerprint density at radius 3 is 2.75 bits per heavy atom. The Morgan fingerprint density at radius 2 is 2.06 bits per heavy atom. The highest BCUT2D eigenvalue weighted by Gasteiger charge is 2.19. The van der Waals surface area contributed by atoms with Gasteiger partial charge in [-0.1, -0.05) is 6.92 Å². The highest BCUT2D eigenvalue weighted by Crippen LogP contribution is 2.22. The summed E-state index contributed by atoms with van der Waals surface area (Å²) in [6.07, 6.45) is 0.970. The molecule has 0 saturated heterocycles. The summed E-state index contributed by atoms with van der Waals surface area (Å²) >= 11 is 0. The van der Waals surface area contributed by atoms with Crippen LogP contribution in [0.15, 0.2) is 18.2 Å². The van der Waals surface area contributed by atoms with Gasteiger partial charge in [-0.2, -0.15) is 4.98 Å². The second-order valence-electron chi connectivity index (χ2n) is 4.00. The van der Waals surface area contributed by atoms with Crippen molar-refractivity contribution in [3.63, 3.8) is 0 Å². The van der Waals surface area contributed by atoms with E-state index in [4.69, 9.17) is 0 Å². The standard InChI is InChI=1S/C13H14FN2/c1-4-8(2)13-9(3)15-11-6-5-10(14)7-12(11)16-13/h5-8H,3-4H2,1-2H3/q+1. The van der Waals surface area contributed by atoms with E-state index in [2.05, 4.69) is 30.7 Å². The average Bonchev–Trinajstić information content (AvgIpc) is 2.28. The second kappa shape index (κ2) is 4.08. The van der Waals surface area contributed by atoms with E-state index in [1.54, 1.807) is 6.07 Å². The molecule has 0 spiro atoms. The van der Waals surface area contributed by atoms with Crippen molar-refractivity contribution in [1.29, 1.82) is 0 Å². The fourth-order valence-corrected chi connectivity index (χ4v) is 1.67. The van der Waals surface area contributed by atoms with Crippen molar-refractivity contribution in [3.05, 3.63) is 42.3 Å². The number of nitrogens with zero attached hydrogens (tertiary/aromatic N) is 2. The third-order valence-corrected chi connectivity index (χ3v) is 2.81. The summed E-state index contributed by atoms with van der Waals surface area (Å²) in [5, 5.41) is 0. The van der Waals surface area contributed by atoms with Crippen molar-refractivity contribution in [3.8, 4) is 0 Å². The van der Waals surface area contributed by atoms with Crippen LogP contribution in [0.4, 0.5) is 4.39 Å². The molecule has 16 heavy (non-hydrogen) atoms. The van der Waals surface area contributed by atoms with Crippen molar-refractivity contribution < 1.29 is 4.39 Å².